The molecule has 0 aromatic heterocycles. The normalized spacial score (nSPS) is 12.8. The maximum atomic E-state index is 3.59. The van der Waals surface area contributed by atoms with Gasteiger partial charge in [-0.15, -0.1) is 0 Å². The minimum atomic E-state index is 0.234. The molecule has 26 heavy (non-hydrogen) atoms. The minimum Gasteiger partial charge on any atom is -0.355 e. The largest absolute Gasteiger partial charge is 0.355 e. The molecule has 1 heteroatoms. The Labute approximate surface area is 161 Å². The molecular weight excluding hydrogens is 314 g/mol. The van der Waals surface area contributed by atoms with Gasteiger partial charge in [-0.05, 0) is 66.8 Å². The van der Waals surface area contributed by atoms with Gasteiger partial charge in [-0.25, -0.2) is 0 Å². The number of unbranched alkanes of at least 4 members (excludes halogenated alkanes) is 1. The van der Waals surface area contributed by atoms with Gasteiger partial charge >= 0.3 is 0 Å². The van der Waals surface area contributed by atoms with Crippen LogP contribution in [0.2, 0.25) is 0 Å². The Morgan fingerprint density at radius 2 is 1.54 bits per heavy atom. The molecular formula is C25H37N. The summed E-state index contributed by atoms with van der Waals surface area (Å²) in [6.45, 7) is 13.8. The zero-order valence-electron chi connectivity index (χ0n) is 17.7. The molecule has 142 valence electrons. The molecule has 0 heterocycles. The van der Waals surface area contributed by atoms with Gasteiger partial charge in [0.1, 0.15) is 0 Å². The molecule has 1 unspecified atom stereocenters. The molecule has 2 rings (SSSR count). The number of benzene rings is 2. The highest BCUT2D eigenvalue weighted by atomic mass is 14.9. The Morgan fingerprint density at radius 3 is 2.12 bits per heavy atom. The Kier molecular flexibility index (Phi) is 7.32. The first-order valence-corrected chi connectivity index (χ1v) is 10.3. The predicted molar refractivity (Wildman–Crippen MR) is 117 cm³/mol. The van der Waals surface area contributed by atoms with E-state index < -0.39 is 0 Å². The van der Waals surface area contributed by atoms with Gasteiger partial charge < -0.3 is 5.32 Å². The summed E-state index contributed by atoms with van der Waals surface area (Å²) in [6, 6.07) is 15.5. The monoisotopic (exact) mass is 351 g/mol. The second-order valence-electron chi connectivity index (χ2n) is 8.64. The molecule has 0 aliphatic carbocycles. The van der Waals surface area contributed by atoms with Crippen molar-refractivity contribution in [1.29, 1.82) is 0 Å². The fourth-order valence-electron chi connectivity index (χ4n) is 3.61. The number of aryl methyl sites for hydroxylation is 2. The van der Waals surface area contributed by atoms with Crippen LogP contribution in [0.15, 0.2) is 42.5 Å². The summed E-state index contributed by atoms with van der Waals surface area (Å²) in [5, 5.41) is 3.59. The second kappa shape index (κ2) is 9.26. The van der Waals surface area contributed by atoms with E-state index in [1.807, 2.05) is 0 Å². The SMILES string of the molecule is CCCCC(C)CCC(C)(C)c1ccc(Nc2c(C)cccc2C)cc1. The Bertz CT molecular complexity index is 662. The van der Waals surface area contributed by atoms with Crippen LogP contribution in [0.5, 0.6) is 0 Å². The third-order valence-electron chi connectivity index (χ3n) is 5.73. The van der Waals surface area contributed by atoms with Crippen molar-refractivity contribution in [2.24, 2.45) is 5.92 Å². The molecule has 0 spiro atoms. The third-order valence-corrected chi connectivity index (χ3v) is 5.73. The third kappa shape index (κ3) is 5.62. The van der Waals surface area contributed by atoms with Crippen LogP contribution < -0.4 is 5.32 Å². The number of anilines is 2. The van der Waals surface area contributed by atoms with Crippen molar-refractivity contribution in [3.05, 3.63) is 59.2 Å². The topological polar surface area (TPSA) is 12.0 Å². The average molecular weight is 352 g/mol. The van der Waals surface area contributed by atoms with Crippen LogP contribution in [0.1, 0.15) is 76.5 Å². The van der Waals surface area contributed by atoms with E-state index in [4.69, 9.17) is 0 Å². The van der Waals surface area contributed by atoms with Crippen LogP contribution in [0.4, 0.5) is 11.4 Å². The van der Waals surface area contributed by atoms with Crippen molar-refractivity contribution in [2.45, 2.75) is 79.1 Å². The number of nitrogens with one attached hydrogen (secondary N) is 1. The van der Waals surface area contributed by atoms with E-state index in [0.29, 0.717) is 0 Å². The molecule has 1 N–H and O–H groups in total. The van der Waals surface area contributed by atoms with Crippen LogP contribution in [0.3, 0.4) is 0 Å². The summed E-state index contributed by atoms with van der Waals surface area (Å²) >= 11 is 0. The van der Waals surface area contributed by atoms with Gasteiger partial charge in [-0.2, -0.15) is 0 Å². The van der Waals surface area contributed by atoms with E-state index in [1.54, 1.807) is 0 Å². The summed E-state index contributed by atoms with van der Waals surface area (Å²) in [7, 11) is 0. The van der Waals surface area contributed by atoms with Gasteiger partial charge in [0.2, 0.25) is 0 Å². The molecule has 0 aliphatic heterocycles. The lowest BCUT2D eigenvalue weighted by Crippen LogP contribution is -2.18. The van der Waals surface area contributed by atoms with E-state index in [1.165, 1.54) is 60.2 Å². The second-order valence-corrected chi connectivity index (χ2v) is 8.64. The number of rotatable bonds is 9. The number of para-hydroxylation sites is 1. The van der Waals surface area contributed by atoms with Gasteiger partial charge in [0, 0.05) is 11.4 Å². The lowest BCUT2D eigenvalue weighted by Gasteiger charge is -2.27. The quantitative estimate of drug-likeness (QED) is 0.483. The zero-order valence-corrected chi connectivity index (χ0v) is 17.7. The fourth-order valence-corrected chi connectivity index (χ4v) is 3.61. The van der Waals surface area contributed by atoms with Gasteiger partial charge in [0.15, 0.2) is 0 Å². The fraction of sp³-hybridized carbons (Fsp3) is 0.520. The minimum absolute atomic E-state index is 0.234. The van der Waals surface area contributed by atoms with Crippen molar-refractivity contribution < 1.29 is 0 Å². The van der Waals surface area contributed by atoms with E-state index in [-0.39, 0.29) is 5.41 Å². The van der Waals surface area contributed by atoms with Crippen molar-refractivity contribution in [1.82, 2.24) is 0 Å². The lowest BCUT2D eigenvalue weighted by molar-refractivity contribution is 0.380. The van der Waals surface area contributed by atoms with Crippen molar-refractivity contribution >= 4 is 11.4 Å². The molecule has 2 aromatic rings. The van der Waals surface area contributed by atoms with Gasteiger partial charge in [0.25, 0.3) is 0 Å². The Hall–Kier alpha value is -1.76. The molecule has 1 nitrogen and oxygen atoms in total. The first-order valence-electron chi connectivity index (χ1n) is 10.3. The molecule has 0 saturated carbocycles. The number of hydrogen-bond donors (Lipinski definition) is 1. The maximum absolute atomic E-state index is 3.59. The van der Waals surface area contributed by atoms with Gasteiger partial charge in [-0.1, -0.05) is 77.3 Å². The molecule has 1 atom stereocenters. The van der Waals surface area contributed by atoms with E-state index >= 15 is 0 Å². The van der Waals surface area contributed by atoms with Crippen LogP contribution in [0.25, 0.3) is 0 Å². The standard InChI is InChI=1S/C25H37N/c1-7-8-10-19(2)17-18-25(5,6)22-13-15-23(16-14-22)26-24-20(3)11-9-12-21(24)4/h9,11-16,19,26H,7-8,10,17-18H2,1-6H3. The van der Waals surface area contributed by atoms with E-state index in [0.717, 1.165) is 5.92 Å². The van der Waals surface area contributed by atoms with Gasteiger partial charge in [0.05, 0.1) is 0 Å². The van der Waals surface area contributed by atoms with Crippen molar-refractivity contribution in [3.63, 3.8) is 0 Å². The lowest BCUT2D eigenvalue weighted by atomic mass is 9.78. The Balaban J connectivity index is 2.01. The van der Waals surface area contributed by atoms with Crippen molar-refractivity contribution in [2.75, 3.05) is 5.32 Å². The average Bonchev–Trinajstić information content (AvgIpc) is 2.62. The van der Waals surface area contributed by atoms with Crippen LogP contribution in [-0.4, -0.2) is 0 Å². The summed E-state index contributed by atoms with van der Waals surface area (Å²) in [6.07, 6.45) is 6.60. The highest BCUT2D eigenvalue weighted by Crippen LogP contribution is 2.32. The summed E-state index contributed by atoms with van der Waals surface area (Å²) in [5.74, 6) is 0.833. The van der Waals surface area contributed by atoms with Crippen LogP contribution >= 0.6 is 0 Å². The molecule has 2 aromatic carbocycles. The van der Waals surface area contributed by atoms with Gasteiger partial charge in [-0.3, -0.25) is 0 Å². The summed E-state index contributed by atoms with van der Waals surface area (Å²) in [4.78, 5) is 0. The van der Waals surface area contributed by atoms with E-state index in [9.17, 15) is 0 Å². The Morgan fingerprint density at radius 1 is 0.923 bits per heavy atom. The van der Waals surface area contributed by atoms with Crippen LogP contribution in [0, 0.1) is 19.8 Å². The molecule has 0 bridgehead atoms. The number of hydrogen-bond acceptors (Lipinski definition) is 1. The highest BCUT2D eigenvalue weighted by Gasteiger charge is 2.21. The molecule has 0 radical (unpaired) electrons. The van der Waals surface area contributed by atoms with Crippen molar-refractivity contribution in [3.8, 4) is 0 Å². The predicted octanol–water partition coefficient (Wildman–Crippen LogP) is 7.93. The summed E-state index contributed by atoms with van der Waals surface area (Å²) in [5.41, 5.74) is 6.64. The zero-order chi connectivity index (χ0) is 19.2. The molecule has 0 amide bonds. The first kappa shape index (κ1) is 20.6. The molecule has 0 aliphatic rings. The smallest absolute Gasteiger partial charge is 0.0443 e. The van der Waals surface area contributed by atoms with E-state index in [2.05, 4.69) is 89.3 Å². The first-order chi connectivity index (χ1) is 12.3. The van der Waals surface area contributed by atoms with Crippen LogP contribution in [-0.2, 0) is 5.41 Å². The molecule has 0 saturated heterocycles. The highest BCUT2D eigenvalue weighted by molar-refractivity contribution is 5.66. The molecule has 0 fully saturated rings. The summed E-state index contributed by atoms with van der Waals surface area (Å²) < 4.78 is 0. The maximum Gasteiger partial charge on any atom is 0.0443 e.